The van der Waals surface area contributed by atoms with Gasteiger partial charge in [0, 0.05) is 6.07 Å². The lowest BCUT2D eigenvalue weighted by Gasteiger charge is -2.25. The number of pyridine rings is 1. The van der Waals surface area contributed by atoms with E-state index >= 15 is 0 Å². The number of carboxylic acids is 1. The number of aliphatic carboxylic acids is 1. The Morgan fingerprint density at radius 3 is 2.56 bits per heavy atom. The Morgan fingerprint density at radius 1 is 1.44 bits per heavy atom. The summed E-state index contributed by atoms with van der Waals surface area (Å²) in [5.41, 5.74) is -0.470. The first kappa shape index (κ1) is 12.3. The maximum atomic E-state index is 11.3. The van der Waals surface area contributed by atoms with Gasteiger partial charge < -0.3 is 20.5 Å². The van der Waals surface area contributed by atoms with Gasteiger partial charge in [-0.2, -0.15) is 0 Å². The van der Waals surface area contributed by atoms with Gasteiger partial charge in [-0.1, -0.05) is 12.8 Å². The van der Waals surface area contributed by atoms with Crippen LogP contribution in [-0.2, 0) is 4.79 Å². The van der Waals surface area contributed by atoms with Gasteiger partial charge in [0.15, 0.2) is 6.20 Å². The Hall–Kier alpha value is -2.18. The molecule has 7 nitrogen and oxygen atoms in total. The predicted molar refractivity (Wildman–Crippen MR) is 63.3 cm³/mol. The van der Waals surface area contributed by atoms with Crippen LogP contribution in [0.3, 0.4) is 0 Å². The Morgan fingerprint density at radius 2 is 2.11 bits per heavy atom. The van der Waals surface area contributed by atoms with Crippen LogP contribution in [0.4, 0.5) is 11.5 Å². The predicted octanol–water partition coefficient (Wildman–Crippen LogP) is 1.80. The molecule has 7 heteroatoms. The van der Waals surface area contributed by atoms with E-state index in [1.807, 2.05) is 0 Å². The number of anilines is 1. The van der Waals surface area contributed by atoms with Gasteiger partial charge >= 0.3 is 11.8 Å². The molecule has 1 aromatic heterocycles. The molecular weight excluding hydrogens is 238 g/mol. The lowest BCUT2D eigenvalue weighted by molar-refractivity contribution is -0.389. The highest BCUT2D eigenvalue weighted by Crippen LogP contribution is 2.33. The van der Waals surface area contributed by atoms with Gasteiger partial charge in [-0.15, -0.1) is 0 Å². The summed E-state index contributed by atoms with van der Waals surface area (Å²) in [6.45, 7) is 0. The van der Waals surface area contributed by atoms with E-state index in [2.05, 4.69) is 10.3 Å². The molecule has 0 amide bonds. The van der Waals surface area contributed by atoms with E-state index in [-0.39, 0.29) is 5.82 Å². The Labute approximate surface area is 103 Å². The summed E-state index contributed by atoms with van der Waals surface area (Å²) in [5, 5.41) is 22.7. The summed E-state index contributed by atoms with van der Waals surface area (Å²) in [6.07, 6.45) is 4.12. The monoisotopic (exact) mass is 251 g/mol. The zero-order valence-corrected chi connectivity index (χ0v) is 9.63. The molecule has 0 aromatic carbocycles. The van der Waals surface area contributed by atoms with Crippen molar-refractivity contribution in [1.29, 1.82) is 0 Å². The number of rotatable bonds is 4. The highest BCUT2D eigenvalue weighted by atomic mass is 16.6. The van der Waals surface area contributed by atoms with E-state index in [1.54, 1.807) is 0 Å². The van der Waals surface area contributed by atoms with E-state index in [0.717, 1.165) is 12.8 Å². The van der Waals surface area contributed by atoms with Crippen LogP contribution in [0.15, 0.2) is 18.3 Å². The molecule has 2 rings (SSSR count). The first-order chi connectivity index (χ1) is 8.53. The van der Waals surface area contributed by atoms with Crippen molar-refractivity contribution in [3.8, 4) is 0 Å². The molecule has 1 aliphatic carbocycles. The molecule has 0 radical (unpaired) electrons. The van der Waals surface area contributed by atoms with Crippen molar-refractivity contribution in [1.82, 2.24) is 4.98 Å². The van der Waals surface area contributed by atoms with Gasteiger partial charge in [-0.3, -0.25) is 0 Å². The summed E-state index contributed by atoms with van der Waals surface area (Å²) in [6, 6.07) is 2.74. The maximum Gasteiger partial charge on any atom is 0.363 e. The highest BCUT2D eigenvalue weighted by molar-refractivity contribution is 5.83. The zero-order chi connectivity index (χ0) is 13.2. The SMILES string of the molecule is O=C(O)C1(Nc2ccc([N+](=O)[O-])nc2)CCCC1. The van der Waals surface area contributed by atoms with Crippen molar-refractivity contribution in [3.05, 3.63) is 28.4 Å². The van der Waals surface area contributed by atoms with Crippen molar-refractivity contribution in [2.75, 3.05) is 5.32 Å². The molecule has 1 fully saturated rings. The van der Waals surface area contributed by atoms with Crippen LogP contribution in [0.2, 0.25) is 0 Å². The van der Waals surface area contributed by atoms with Gasteiger partial charge in [0.1, 0.15) is 5.54 Å². The average Bonchev–Trinajstić information content (AvgIpc) is 2.79. The summed E-state index contributed by atoms with van der Waals surface area (Å²) < 4.78 is 0. The van der Waals surface area contributed by atoms with Crippen LogP contribution in [-0.4, -0.2) is 26.5 Å². The molecule has 18 heavy (non-hydrogen) atoms. The minimum atomic E-state index is -0.961. The van der Waals surface area contributed by atoms with Crippen molar-refractivity contribution in [2.45, 2.75) is 31.2 Å². The van der Waals surface area contributed by atoms with Crippen LogP contribution < -0.4 is 5.32 Å². The van der Waals surface area contributed by atoms with E-state index in [9.17, 15) is 20.0 Å². The Kier molecular flexibility index (Phi) is 3.14. The normalized spacial score (nSPS) is 17.3. The number of carbonyl (C=O) groups is 1. The number of aromatic nitrogens is 1. The van der Waals surface area contributed by atoms with Gasteiger partial charge in [0.05, 0.1) is 5.69 Å². The molecule has 1 aromatic rings. The lowest BCUT2D eigenvalue weighted by atomic mass is 9.97. The van der Waals surface area contributed by atoms with Crippen molar-refractivity contribution in [3.63, 3.8) is 0 Å². The number of nitro groups is 1. The first-order valence-electron chi connectivity index (χ1n) is 5.65. The molecule has 0 bridgehead atoms. The Bertz CT molecular complexity index is 466. The molecule has 0 spiro atoms. The van der Waals surface area contributed by atoms with E-state index in [4.69, 9.17) is 0 Å². The minimum absolute atomic E-state index is 0.253. The van der Waals surface area contributed by atoms with Crippen molar-refractivity contribution in [2.24, 2.45) is 0 Å². The number of carboxylic acid groups (broad SMARTS) is 1. The van der Waals surface area contributed by atoms with Gasteiger partial charge in [0.2, 0.25) is 0 Å². The second-order valence-corrected chi connectivity index (χ2v) is 4.38. The van der Waals surface area contributed by atoms with Gasteiger partial charge in [-0.05, 0) is 28.8 Å². The molecule has 96 valence electrons. The van der Waals surface area contributed by atoms with Crippen LogP contribution in [0.5, 0.6) is 0 Å². The van der Waals surface area contributed by atoms with Crippen molar-refractivity contribution < 1.29 is 14.8 Å². The number of nitrogens with one attached hydrogen (secondary N) is 1. The third-order valence-corrected chi connectivity index (χ3v) is 3.19. The largest absolute Gasteiger partial charge is 0.480 e. The molecule has 1 saturated carbocycles. The fourth-order valence-corrected chi connectivity index (χ4v) is 2.22. The number of nitrogens with zero attached hydrogens (tertiary/aromatic N) is 2. The molecular formula is C11H13N3O4. The van der Waals surface area contributed by atoms with E-state index in [1.165, 1.54) is 18.3 Å². The average molecular weight is 251 g/mol. The van der Waals surface area contributed by atoms with Crippen molar-refractivity contribution >= 4 is 17.5 Å². The molecule has 0 saturated heterocycles. The fraction of sp³-hybridized carbons (Fsp3) is 0.455. The summed E-state index contributed by atoms with van der Waals surface area (Å²) >= 11 is 0. The fourth-order valence-electron chi connectivity index (χ4n) is 2.22. The van der Waals surface area contributed by atoms with Gasteiger partial charge in [0.25, 0.3) is 0 Å². The summed E-state index contributed by atoms with van der Waals surface area (Å²) in [4.78, 5) is 24.8. The lowest BCUT2D eigenvalue weighted by Crippen LogP contribution is -2.43. The smallest absolute Gasteiger partial charge is 0.363 e. The highest BCUT2D eigenvalue weighted by Gasteiger charge is 2.41. The molecule has 0 atom stereocenters. The molecule has 0 aliphatic heterocycles. The van der Waals surface area contributed by atoms with E-state index in [0.29, 0.717) is 18.5 Å². The quantitative estimate of drug-likeness (QED) is 0.624. The molecule has 1 aliphatic rings. The first-order valence-corrected chi connectivity index (χ1v) is 5.65. The standard InChI is InChI=1S/C11H13N3O4/c15-10(16)11(5-1-2-6-11)13-8-3-4-9(12-7-8)14(17)18/h3-4,7,13H,1-2,5-6H2,(H,15,16). The molecule has 0 unspecified atom stereocenters. The third kappa shape index (κ3) is 2.24. The summed E-state index contributed by atoms with van der Waals surface area (Å²) in [5.74, 6) is -1.14. The minimum Gasteiger partial charge on any atom is -0.480 e. The second kappa shape index (κ2) is 4.59. The maximum absolute atomic E-state index is 11.3. The summed E-state index contributed by atoms with van der Waals surface area (Å²) in [7, 11) is 0. The van der Waals surface area contributed by atoms with Gasteiger partial charge in [-0.25, -0.2) is 4.79 Å². The number of hydrogen-bond donors (Lipinski definition) is 2. The van der Waals surface area contributed by atoms with E-state index < -0.39 is 16.4 Å². The molecule has 1 heterocycles. The zero-order valence-electron chi connectivity index (χ0n) is 9.63. The van der Waals surface area contributed by atoms with Crippen LogP contribution in [0.1, 0.15) is 25.7 Å². The Balaban J connectivity index is 2.17. The van der Waals surface area contributed by atoms with Crippen LogP contribution >= 0.6 is 0 Å². The number of hydrogen-bond acceptors (Lipinski definition) is 5. The van der Waals surface area contributed by atoms with Crippen LogP contribution in [0, 0.1) is 10.1 Å². The van der Waals surface area contributed by atoms with Crippen LogP contribution in [0.25, 0.3) is 0 Å². The molecule has 2 N–H and O–H groups in total. The topological polar surface area (TPSA) is 105 Å². The third-order valence-electron chi connectivity index (χ3n) is 3.19. The second-order valence-electron chi connectivity index (χ2n) is 4.38.